The molecule has 9 heteroatoms. The number of aromatic nitrogens is 2. The molecule has 2 N–H and O–H groups in total. The molecule has 21 heavy (non-hydrogen) atoms. The number of nitrogens with zero attached hydrogens (tertiary/aromatic N) is 2. The number of ether oxygens (including phenoxy) is 1. The second-order valence-corrected chi connectivity index (χ2v) is 5.02. The molecule has 0 saturated carbocycles. The van der Waals surface area contributed by atoms with Crippen LogP contribution in [0.25, 0.3) is 11.4 Å². The van der Waals surface area contributed by atoms with E-state index in [4.69, 9.17) is 15.0 Å². The van der Waals surface area contributed by atoms with Gasteiger partial charge in [-0.3, -0.25) is 0 Å². The van der Waals surface area contributed by atoms with E-state index in [1.165, 1.54) is 19.2 Å². The van der Waals surface area contributed by atoms with E-state index in [2.05, 4.69) is 26.1 Å². The summed E-state index contributed by atoms with van der Waals surface area (Å²) in [6, 6.07) is 3.70. The number of methoxy groups -OCH3 is 1. The standard InChI is InChI=1S/C12H11BrF3N3O2/c1-20-9(5-17)11-18-10(19-21-11)7-3-2-6(13)4-8(7)12(14,15)16/h2-4,9H,5,17H2,1H3. The van der Waals surface area contributed by atoms with E-state index in [1.54, 1.807) is 0 Å². The van der Waals surface area contributed by atoms with Crippen molar-refractivity contribution in [1.29, 1.82) is 0 Å². The smallest absolute Gasteiger partial charge is 0.370 e. The van der Waals surface area contributed by atoms with E-state index in [-0.39, 0.29) is 23.8 Å². The van der Waals surface area contributed by atoms with Gasteiger partial charge in [0.05, 0.1) is 5.56 Å². The molecule has 1 unspecified atom stereocenters. The van der Waals surface area contributed by atoms with Gasteiger partial charge in [0.15, 0.2) is 0 Å². The van der Waals surface area contributed by atoms with Crippen molar-refractivity contribution in [2.24, 2.45) is 5.73 Å². The van der Waals surface area contributed by atoms with Crippen LogP contribution in [0.15, 0.2) is 27.2 Å². The lowest BCUT2D eigenvalue weighted by Crippen LogP contribution is -2.14. The van der Waals surface area contributed by atoms with Gasteiger partial charge in [0.25, 0.3) is 5.89 Å². The highest BCUT2D eigenvalue weighted by Crippen LogP contribution is 2.37. The first kappa shape index (κ1) is 15.9. The Bertz CT molecular complexity index is 626. The summed E-state index contributed by atoms with van der Waals surface area (Å²) in [5.41, 5.74) is 4.41. The van der Waals surface area contributed by atoms with Crippen molar-refractivity contribution in [3.63, 3.8) is 0 Å². The largest absolute Gasteiger partial charge is 0.417 e. The molecule has 0 bridgehead atoms. The molecular formula is C12H11BrF3N3O2. The molecule has 1 atom stereocenters. The van der Waals surface area contributed by atoms with Crippen molar-refractivity contribution >= 4 is 15.9 Å². The van der Waals surface area contributed by atoms with E-state index >= 15 is 0 Å². The van der Waals surface area contributed by atoms with E-state index in [0.29, 0.717) is 4.47 Å². The number of rotatable bonds is 4. The average molecular weight is 366 g/mol. The van der Waals surface area contributed by atoms with Crippen LogP contribution in [0.3, 0.4) is 0 Å². The van der Waals surface area contributed by atoms with Crippen molar-refractivity contribution in [1.82, 2.24) is 10.1 Å². The molecule has 0 aliphatic heterocycles. The van der Waals surface area contributed by atoms with Crippen LogP contribution in [0.5, 0.6) is 0 Å². The SMILES string of the molecule is COC(CN)c1nc(-c2ccc(Br)cc2C(F)(F)F)no1. The lowest BCUT2D eigenvalue weighted by atomic mass is 10.1. The predicted octanol–water partition coefficient (Wildman–Crippen LogP) is 3.16. The van der Waals surface area contributed by atoms with E-state index in [1.807, 2.05) is 0 Å². The zero-order valence-electron chi connectivity index (χ0n) is 10.8. The van der Waals surface area contributed by atoms with Crippen LogP contribution in [0.4, 0.5) is 13.2 Å². The number of benzene rings is 1. The van der Waals surface area contributed by atoms with E-state index in [9.17, 15) is 13.2 Å². The van der Waals surface area contributed by atoms with E-state index in [0.717, 1.165) is 6.07 Å². The van der Waals surface area contributed by atoms with Crippen LogP contribution in [-0.2, 0) is 10.9 Å². The first-order valence-corrected chi connectivity index (χ1v) is 6.59. The number of nitrogens with two attached hydrogens (primary N) is 1. The lowest BCUT2D eigenvalue weighted by Gasteiger charge is -2.10. The number of hydrogen-bond acceptors (Lipinski definition) is 5. The maximum atomic E-state index is 13.1. The Morgan fingerprint density at radius 3 is 2.71 bits per heavy atom. The summed E-state index contributed by atoms with van der Waals surface area (Å²) in [6.45, 7) is 0.0740. The molecule has 5 nitrogen and oxygen atoms in total. The Kier molecular flexibility index (Phi) is 4.64. The van der Waals surface area contributed by atoms with Crippen LogP contribution < -0.4 is 5.73 Å². The fourth-order valence-electron chi connectivity index (χ4n) is 1.72. The third-order valence-corrected chi connectivity index (χ3v) is 3.24. The fourth-order valence-corrected chi connectivity index (χ4v) is 2.08. The van der Waals surface area contributed by atoms with Crippen LogP contribution in [-0.4, -0.2) is 23.8 Å². The molecule has 1 aromatic heterocycles. The number of hydrogen-bond donors (Lipinski definition) is 1. The van der Waals surface area contributed by atoms with Gasteiger partial charge in [-0.25, -0.2) is 0 Å². The summed E-state index contributed by atoms with van der Waals surface area (Å²) < 4.78 is 49.4. The average Bonchev–Trinajstić information content (AvgIpc) is 2.88. The van der Waals surface area contributed by atoms with E-state index < -0.39 is 17.8 Å². The third kappa shape index (κ3) is 3.42. The lowest BCUT2D eigenvalue weighted by molar-refractivity contribution is -0.137. The van der Waals surface area contributed by atoms with Gasteiger partial charge >= 0.3 is 6.18 Å². The highest BCUT2D eigenvalue weighted by Gasteiger charge is 2.35. The van der Waals surface area contributed by atoms with Gasteiger partial charge in [-0.05, 0) is 18.2 Å². The maximum absolute atomic E-state index is 13.1. The van der Waals surface area contributed by atoms with Crippen molar-refractivity contribution in [3.05, 3.63) is 34.1 Å². The molecule has 0 saturated heterocycles. The number of halogens is 4. The highest BCUT2D eigenvalue weighted by atomic mass is 79.9. The zero-order valence-corrected chi connectivity index (χ0v) is 12.4. The first-order valence-electron chi connectivity index (χ1n) is 5.80. The van der Waals surface area contributed by atoms with Gasteiger partial charge in [0.1, 0.15) is 6.10 Å². The molecule has 0 amide bonds. The molecule has 1 heterocycles. The Morgan fingerprint density at radius 1 is 1.43 bits per heavy atom. The topological polar surface area (TPSA) is 74.2 Å². The summed E-state index contributed by atoms with van der Waals surface area (Å²) in [7, 11) is 1.39. The van der Waals surface area contributed by atoms with Gasteiger partial charge in [-0.15, -0.1) is 0 Å². The van der Waals surface area contributed by atoms with Crippen molar-refractivity contribution in [2.45, 2.75) is 12.3 Å². The van der Waals surface area contributed by atoms with Crippen molar-refractivity contribution in [2.75, 3.05) is 13.7 Å². The van der Waals surface area contributed by atoms with Crippen LogP contribution >= 0.6 is 15.9 Å². The summed E-state index contributed by atoms with van der Waals surface area (Å²) >= 11 is 3.01. The molecule has 0 radical (unpaired) electrons. The van der Waals surface area contributed by atoms with Gasteiger partial charge < -0.3 is 15.0 Å². The normalized spacial score (nSPS) is 13.4. The van der Waals surface area contributed by atoms with Crippen LogP contribution in [0.1, 0.15) is 17.6 Å². The quantitative estimate of drug-likeness (QED) is 0.900. The first-order chi connectivity index (χ1) is 9.86. The molecule has 0 aliphatic rings. The molecule has 0 spiro atoms. The molecule has 1 aromatic carbocycles. The molecule has 2 rings (SSSR count). The Hall–Kier alpha value is -1.45. The van der Waals surface area contributed by atoms with Gasteiger partial charge in [-0.1, -0.05) is 21.1 Å². The summed E-state index contributed by atoms with van der Waals surface area (Å²) in [5, 5.41) is 3.57. The minimum atomic E-state index is -4.53. The second kappa shape index (κ2) is 6.12. The second-order valence-electron chi connectivity index (χ2n) is 4.10. The van der Waals surface area contributed by atoms with Crippen LogP contribution in [0, 0.1) is 0 Å². The monoisotopic (exact) mass is 365 g/mol. The molecule has 0 aliphatic carbocycles. The summed E-state index contributed by atoms with van der Waals surface area (Å²) in [6.07, 6.45) is -5.19. The Morgan fingerprint density at radius 2 is 2.14 bits per heavy atom. The number of alkyl halides is 3. The summed E-state index contributed by atoms with van der Waals surface area (Å²) in [4.78, 5) is 3.93. The van der Waals surface area contributed by atoms with Gasteiger partial charge in [0.2, 0.25) is 5.82 Å². The Balaban J connectivity index is 2.48. The van der Waals surface area contributed by atoms with Crippen molar-refractivity contribution in [3.8, 4) is 11.4 Å². The van der Waals surface area contributed by atoms with Gasteiger partial charge in [-0.2, -0.15) is 18.2 Å². The molecule has 2 aromatic rings. The predicted molar refractivity (Wildman–Crippen MR) is 71.2 cm³/mol. The Labute approximate surface area is 126 Å². The zero-order chi connectivity index (χ0) is 15.6. The van der Waals surface area contributed by atoms with Crippen molar-refractivity contribution < 1.29 is 22.4 Å². The molecule has 0 fully saturated rings. The van der Waals surface area contributed by atoms with Gasteiger partial charge in [0, 0.05) is 23.7 Å². The molecular weight excluding hydrogens is 355 g/mol. The minimum absolute atomic E-state index is 0.0334. The molecule has 114 valence electrons. The fraction of sp³-hybridized carbons (Fsp3) is 0.333. The maximum Gasteiger partial charge on any atom is 0.417 e. The van der Waals surface area contributed by atoms with Crippen LogP contribution in [0.2, 0.25) is 0 Å². The summed E-state index contributed by atoms with van der Waals surface area (Å²) in [5.74, 6) is -0.133. The minimum Gasteiger partial charge on any atom is -0.370 e. The third-order valence-electron chi connectivity index (χ3n) is 2.74. The highest BCUT2D eigenvalue weighted by molar-refractivity contribution is 9.10.